The summed E-state index contributed by atoms with van der Waals surface area (Å²) >= 11 is 6.73. The second-order valence-electron chi connectivity index (χ2n) is 8.04. The van der Waals surface area contributed by atoms with E-state index in [4.69, 9.17) is 25.8 Å². The molecule has 10 heteroatoms. The Kier molecular flexibility index (Phi) is 6.80. The van der Waals surface area contributed by atoms with E-state index in [-0.39, 0.29) is 18.0 Å². The van der Waals surface area contributed by atoms with E-state index in [1.165, 1.54) is 0 Å². The van der Waals surface area contributed by atoms with Crippen LogP contribution in [-0.4, -0.2) is 60.9 Å². The van der Waals surface area contributed by atoms with Crippen LogP contribution in [0, 0.1) is 0 Å². The number of methoxy groups -OCH3 is 2. The van der Waals surface area contributed by atoms with Crippen molar-refractivity contribution in [3.05, 3.63) is 35.1 Å². The van der Waals surface area contributed by atoms with Gasteiger partial charge in [0.1, 0.15) is 11.5 Å². The van der Waals surface area contributed by atoms with Gasteiger partial charge in [-0.05, 0) is 12.0 Å². The van der Waals surface area contributed by atoms with Gasteiger partial charge in [0.2, 0.25) is 12.4 Å². The second-order valence-corrected chi connectivity index (χ2v) is 8.42. The zero-order valence-corrected chi connectivity index (χ0v) is 19.6. The summed E-state index contributed by atoms with van der Waals surface area (Å²) in [5, 5.41) is 7.26. The van der Waals surface area contributed by atoms with Crippen molar-refractivity contribution in [2.75, 3.05) is 32.8 Å². The highest BCUT2D eigenvalue weighted by Gasteiger charge is 2.28. The van der Waals surface area contributed by atoms with E-state index in [2.05, 4.69) is 39.4 Å². The molecular weight excluding hydrogens is 446 g/mol. The molecule has 1 aliphatic rings. The van der Waals surface area contributed by atoms with Crippen LogP contribution < -0.4 is 20.1 Å². The standard InChI is InChI=1S/C23H26ClN5O4/c1-12(2)20-18(31-3)6-19(32-4)22(24)21(20)14-5-13-7-26-23(28-15(13)8-25-14)29-17-10-33-9-16(17)27-11-30/h5-8,11-12,16-17H,9-10H2,1-4H3,(H,27,30)(H,26,28,29). The number of halogens is 1. The summed E-state index contributed by atoms with van der Waals surface area (Å²) in [6, 6.07) is 3.45. The third-order valence-corrected chi connectivity index (χ3v) is 6.02. The molecule has 1 aromatic carbocycles. The topological polar surface area (TPSA) is 107 Å². The molecule has 1 amide bonds. The molecule has 2 N–H and O–H groups in total. The largest absolute Gasteiger partial charge is 0.496 e. The monoisotopic (exact) mass is 471 g/mol. The van der Waals surface area contributed by atoms with Crippen LogP contribution in [0.3, 0.4) is 0 Å². The number of carbonyl (C=O) groups excluding carboxylic acids is 1. The molecule has 2 unspecified atom stereocenters. The molecule has 0 saturated carbocycles. The van der Waals surface area contributed by atoms with Crippen LogP contribution in [0.15, 0.2) is 24.5 Å². The van der Waals surface area contributed by atoms with Crippen molar-refractivity contribution in [3.8, 4) is 22.8 Å². The second kappa shape index (κ2) is 9.76. The van der Waals surface area contributed by atoms with Gasteiger partial charge in [-0.15, -0.1) is 0 Å². The predicted molar refractivity (Wildman–Crippen MR) is 126 cm³/mol. The van der Waals surface area contributed by atoms with Gasteiger partial charge in [0.05, 0.1) is 61.9 Å². The first-order valence-corrected chi connectivity index (χ1v) is 11.0. The smallest absolute Gasteiger partial charge is 0.223 e. The highest BCUT2D eigenvalue weighted by atomic mass is 35.5. The lowest BCUT2D eigenvalue weighted by Gasteiger charge is -2.20. The van der Waals surface area contributed by atoms with Gasteiger partial charge in [-0.25, -0.2) is 9.97 Å². The number of carbonyl (C=O) groups is 1. The Morgan fingerprint density at radius 1 is 1.12 bits per heavy atom. The number of pyridine rings is 1. The Labute approximate surface area is 196 Å². The van der Waals surface area contributed by atoms with Crippen LogP contribution >= 0.6 is 11.6 Å². The van der Waals surface area contributed by atoms with Gasteiger partial charge in [0, 0.05) is 28.8 Å². The SMILES string of the molecule is COc1cc(OC)c(C(C)C)c(-c2cc3cnc(NC4COCC4NC=O)nc3cn2)c1Cl. The molecule has 0 aliphatic carbocycles. The van der Waals surface area contributed by atoms with Gasteiger partial charge < -0.3 is 24.8 Å². The minimum Gasteiger partial charge on any atom is -0.496 e. The lowest BCUT2D eigenvalue weighted by molar-refractivity contribution is -0.110. The molecule has 1 saturated heterocycles. The van der Waals surface area contributed by atoms with Crippen molar-refractivity contribution in [2.24, 2.45) is 0 Å². The molecule has 0 bridgehead atoms. The summed E-state index contributed by atoms with van der Waals surface area (Å²) in [5.41, 5.74) is 3.06. The number of hydrogen-bond donors (Lipinski definition) is 2. The van der Waals surface area contributed by atoms with Crippen LogP contribution in [0.4, 0.5) is 5.95 Å². The molecule has 3 aromatic rings. The highest BCUT2D eigenvalue weighted by molar-refractivity contribution is 6.35. The fourth-order valence-corrected chi connectivity index (χ4v) is 4.35. The Hall–Kier alpha value is -3.17. The van der Waals surface area contributed by atoms with E-state index < -0.39 is 0 Å². The number of fused-ring (bicyclic) bond motifs is 1. The van der Waals surface area contributed by atoms with E-state index in [0.29, 0.717) is 53.3 Å². The van der Waals surface area contributed by atoms with Gasteiger partial charge in [-0.2, -0.15) is 0 Å². The number of aromatic nitrogens is 3. The summed E-state index contributed by atoms with van der Waals surface area (Å²) in [4.78, 5) is 24.5. The zero-order chi connectivity index (χ0) is 23.5. The van der Waals surface area contributed by atoms with Gasteiger partial charge in [-0.3, -0.25) is 9.78 Å². The van der Waals surface area contributed by atoms with E-state index in [9.17, 15) is 4.79 Å². The fourth-order valence-electron chi connectivity index (χ4n) is 4.02. The van der Waals surface area contributed by atoms with Crippen LogP contribution in [0.1, 0.15) is 25.3 Å². The quantitative estimate of drug-likeness (QED) is 0.481. The Morgan fingerprint density at radius 3 is 2.58 bits per heavy atom. The van der Waals surface area contributed by atoms with E-state index in [0.717, 1.165) is 16.5 Å². The normalized spacial score (nSPS) is 17.9. The summed E-state index contributed by atoms with van der Waals surface area (Å²) in [7, 11) is 3.19. The molecule has 0 spiro atoms. The molecule has 174 valence electrons. The van der Waals surface area contributed by atoms with Crippen LogP contribution in [0.5, 0.6) is 11.5 Å². The van der Waals surface area contributed by atoms with Crippen molar-refractivity contribution in [3.63, 3.8) is 0 Å². The van der Waals surface area contributed by atoms with Gasteiger partial charge in [0.25, 0.3) is 0 Å². The molecule has 33 heavy (non-hydrogen) atoms. The third-order valence-electron chi connectivity index (χ3n) is 5.65. The molecule has 9 nitrogen and oxygen atoms in total. The maximum atomic E-state index is 10.8. The molecular formula is C23H26ClN5O4. The van der Waals surface area contributed by atoms with E-state index >= 15 is 0 Å². The van der Waals surface area contributed by atoms with Crippen molar-refractivity contribution < 1.29 is 19.0 Å². The van der Waals surface area contributed by atoms with Crippen molar-refractivity contribution in [2.45, 2.75) is 31.8 Å². The summed E-state index contributed by atoms with van der Waals surface area (Å²) in [6.45, 7) is 5.05. The Morgan fingerprint density at radius 2 is 1.88 bits per heavy atom. The third kappa shape index (κ3) is 4.51. The van der Waals surface area contributed by atoms with Gasteiger partial charge in [0.15, 0.2) is 0 Å². The van der Waals surface area contributed by atoms with Crippen molar-refractivity contribution in [1.29, 1.82) is 0 Å². The molecule has 1 fully saturated rings. The van der Waals surface area contributed by atoms with E-state index in [1.807, 2.05) is 6.07 Å². The zero-order valence-electron chi connectivity index (χ0n) is 18.9. The first-order valence-electron chi connectivity index (χ1n) is 10.6. The number of amides is 1. The number of nitrogens with zero attached hydrogens (tertiary/aromatic N) is 3. The lowest BCUT2D eigenvalue weighted by atomic mass is 9.93. The minimum atomic E-state index is -0.137. The van der Waals surface area contributed by atoms with Crippen LogP contribution in [-0.2, 0) is 9.53 Å². The number of hydrogen-bond acceptors (Lipinski definition) is 8. The number of rotatable bonds is 8. The van der Waals surface area contributed by atoms with Crippen molar-refractivity contribution in [1.82, 2.24) is 20.3 Å². The minimum absolute atomic E-state index is 0.114. The van der Waals surface area contributed by atoms with Gasteiger partial charge >= 0.3 is 0 Å². The maximum Gasteiger partial charge on any atom is 0.223 e. The first kappa shape index (κ1) is 23.0. The molecule has 0 radical (unpaired) electrons. The number of anilines is 1. The average molecular weight is 472 g/mol. The number of nitrogens with one attached hydrogen (secondary N) is 2. The summed E-state index contributed by atoms with van der Waals surface area (Å²) < 4.78 is 16.5. The predicted octanol–water partition coefficient (Wildman–Crippen LogP) is 3.41. The summed E-state index contributed by atoms with van der Waals surface area (Å²) in [6.07, 6.45) is 4.09. The summed E-state index contributed by atoms with van der Waals surface area (Å²) in [5.74, 6) is 1.79. The fraction of sp³-hybridized carbons (Fsp3) is 0.391. The highest BCUT2D eigenvalue weighted by Crippen LogP contribution is 2.45. The van der Waals surface area contributed by atoms with Gasteiger partial charge in [-0.1, -0.05) is 25.4 Å². The van der Waals surface area contributed by atoms with E-state index in [1.54, 1.807) is 32.7 Å². The molecule has 3 heterocycles. The number of benzene rings is 1. The molecule has 2 atom stereocenters. The Balaban J connectivity index is 1.72. The lowest BCUT2D eigenvalue weighted by Crippen LogP contribution is -2.42. The van der Waals surface area contributed by atoms with Crippen LogP contribution in [0.25, 0.3) is 22.2 Å². The maximum absolute atomic E-state index is 10.8. The first-order chi connectivity index (χ1) is 16.0. The molecule has 2 aromatic heterocycles. The average Bonchev–Trinajstić information content (AvgIpc) is 3.25. The molecule has 1 aliphatic heterocycles. The van der Waals surface area contributed by atoms with Crippen LogP contribution in [0.2, 0.25) is 5.02 Å². The molecule has 4 rings (SSSR count). The van der Waals surface area contributed by atoms with Crippen molar-refractivity contribution >= 4 is 34.9 Å². The Bertz CT molecular complexity index is 1170. The number of ether oxygens (including phenoxy) is 3.